The monoisotopic (exact) mass is 439 g/mol. The van der Waals surface area contributed by atoms with Crippen LogP contribution in [0.25, 0.3) is 0 Å². The highest BCUT2D eigenvalue weighted by Gasteiger charge is 2.50. The van der Waals surface area contributed by atoms with Crippen LogP contribution >= 0.6 is 23.2 Å². The van der Waals surface area contributed by atoms with E-state index >= 15 is 0 Å². The number of anilines is 1. The molecule has 1 spiro atoms. The first-order chi connectivity index (χ1) is 13.9. The number of halogens is 2. The van der Waals surface area contributed by atoms with Gasteiger partial charge in [-0.05, 0) is 75.7 Å². The van der Waals surface area contributed by atoms with E-state index in [0.29, 0.717) is 10.0 Å². The molecule has 2 saturated heterocycles. The van der Waals surface area contributed by atoms with Gasteiger partial charge in [0.05, 0.1) is 16.1 Å². The first kappa shape index (κ1) is 21.2. The molecule has 0 aromatic heterocycles. The zero-order valence-corrected chi connectivity index (χ0v) is 18.6. The molecule has 7 heteroatoms. The summed E-state index contributed by atoms with van der Waals surface area (Å²) in [6.07, 6.45) is 5.47. The Labute approximate surface area is 183 Å². The normalized spacial score (nSPS) is 27.0. The Morgan fingerprint density at radius 3 is 2.52 bits per heavy atom. The summed E-state index contributed by atoms with van der Waals surface area (Å²) >= 11 is 12.2. The average Bonchev–Trinajstić information content (AvgIpc) is 3.48. The molecule has 3 fully saturated rings. The number of nitrogens with zero attached hydrogens (tertiary/aromatic N) is 3. The molecule has 1 aromatic carbocycles. The Morgan fingerprint density at radius 1 is 1.07 bits per heavy atom. The van der Waals surface area contributed by atoms with E-state index in [1.165, 1.54) is 12.8 Å². The van der Waals surface area contributed by atoms with Gasteiger partial charge in [0.15, 0.2) is 0 Å². The van der Waals surface area contributed by atoms with E-state index in [0.717, 1.165) is 64.2 Å². The SMILES string of the molecule is C[C@H]1C(=O)N(CCCCN2CCC3(CC3)[C@H](O)C2)CCN1c1ccc(Cl)c(Cl)c1. The zero-order valence-electron chi connectivity index (χ0n) is 17.1. The lowest BCUT2D eigenvalue weighted by Crippen LogP contribution is -2.56. The van der Waals surface area contributed by atoms with Crippen LogP contribution in [-0.2, 0) is 4.79 Å². The second kappa shape index (κ2) is 8.62. The topological polar surface area (TPSA) is 47.0 Å². The van der Waals surface area contributed by atoms with Crippen molar-refractivity contribution in [2.75, 3.05) is 44.2 Å². The largest absolute Gasteiger partial charge is 0.391 e. The lowest BCUT2D eigenvalue weighted by Gasteiger charge is -2.40. The Morgan fingerprint density at radius 2 is 1.83 bits per heavy atom. The van der Waals surface area contributed by atoms with E-state index in [1.54, 1.807) is 6.07 Å². The van der Waals surface area contributed by atoms with Crippen LogP contribution in [0.15, 0.2) is 18.2 Å². The highest BCUT2D eigenvalue weighted by Crippen LogP contribution is 2.53. The fraction of sp³-hybridized carbons (Fsp3) is 0.682. The molecule has 0 bridgehead atoms. The van der Waals surface area contributed by atoms with Gasteiger partial charge in [-0.25, -0.2) is 0 Å². The number of carbonyl (C=O) groups excluding carboxylic acids is 1. The minimum Gasteiger partial charge on any atom is -0.391 e. The first-order valence-electron chi connectivity index (χ1n) is 10.8. The predicted octanol–water partition coefficient (Wildman–Crippen LogP) is 3.66. The molecule has 160 valence electrons. The number of amides is 1. The van der Waals surface area contributed by atoms with Crippen LogP contribution in [0.4, 0.5) is 5.69 Å². The number of piperazine rings is 1. The smallest absolute Gasteiger partial charge is 0.245 e. The maximum atomic E-state index is 12.9. The second-order valence-corrected chi connectivity index (χ2v) is 9.74. The average molecular weight is 440 g/mol. The van der Waals surface area contributed by atoms with Gasteiger partial charge in [-0.1, -0.05) is 23.2 Å². The van der Waals surface area contributed by atoms with Gasteiger partial charge in [-0.2, -0.15) is 0 Å². The molecule has 29 heavy (non-hydrogen) atoms. The standard InChI is InChI=1S/C22H31Cl2N3O2/c1-16-21(29)26(12-13-27(16)17-4-5-18(23)19(24)14-17)10-3-2-9-25-11-8-22(6-7-22)20(28)15-25/h4-5,14,16,20,28H,2-3,6-13,15H2,1H3/t16-,20+/m0/s1. The number of hydrogen-bond acceptors (Lipinski definition) is 4. The van der Waals surface area contributed by atoms with Gasteiger partial charge >= 0.3 is 0 Å². The Hall–Kier alpha value is -1.01. The molecule has 2 atom stereocenters. The van der Waals surface area contributed by atoms with E-state index in [1.807, 2.05) is 24.0 Å². The number of rotatable bonds is 6. The number of aliphatic hydroxyl groups excluding tert-OH is 1. The van der Waals surface area contributed by atoms with E-state index in [4.69, 9.17) is 23.2 Å². The number of β-amino-alcohol motifs (C(OH)–C–C–N with tert-alkyl or cyclic N) is 1. The van der Waals surface area contributed by atoms with E-state index in [2.05, 4.69) is 9.80 Å². The number of benzene rings is 1. The van der Waals surface area contributed by atoms with Crippen LogP contribution in [0, 0.1) is 5.41 Å². The Balaban J connectivity index is 1.21. The molecule has 0 unspecified atom stereocenters. The predicted molar refractivity (Wildman–Crippen MR) is 118 cm³/mol. The van der Waals surface area contributed by atoms with Gasteiger partial charge in [0, 0.05) is 31.9 Å². The van der Waals surface area contributed by atoms with Gasteiger partial charge < -0.3 is 19.8 Å². The van der Waals surface area contributed by atoms with Crippen molar-refractivity contribution in [3.05, 3.63) is 28.2 Å². The summed E-state index contributed by atoms with van der Waals surface area (Å²) < 4.78 is 0. The third-order valence-electron chi connectivity index (χ3n) is 7.09. The minimum absolute atomic E-state index is 0.145. The maximum absolute atomic E-state index is 12.9. The maximum Gasteiger partial charge on any atom is 0.245 e. The molecule has 0 radical (unpaired) electrons. The van der Waals surface area contributed by atoms with Crippen LogP contribution in [0.2, 0.25) is 10.0 Å². The van der Waals surface area contributed by atoms with Crippen LogP contribution in [-0.4, -0.2) is 72.2 Å². The third-order valence-corrected chi connectivity index (χ3v) is 7.83. The van der Waals surface area contributed by atoms with Crippen LogP contribution in [0.1, 0.15) is 39.0 Å². The number of piperidine rings is 1. The summed E-state index contributed by atoms with van der Waals surface area (Å²) in [6, 6.07) is 5.34. The molecule has 1 aliphatic carbocycles. The van der Waals surface area contributed by atoms with Crippen LogP contribution in [0.3, 0.4) is 0 Å². The van der Waals surface area contributed by atoms with Crippen molar-refractivity contribution in [1.82, 2.24) is 9.80 Å². The fourth-order valence-corrected chi connectivity index (χ4v) is 5.12. The Bertz CT molecular complexity index is 756. The molecule has 1 saturated carbocycles. The summed E-state index contributed by atoms with van der Waals surface area (Å²) in [5, 5.41) is 11.4. The van der Waals surface area contributed by atoms with Gasteiger partial charge in [0.1, 0.15) is 6.04 Å². The summed E-state index contributed by atoms with van der Waals surface area (Å²) in [7, 11) is 0. The summed E-state index contributed by atoms with van der Waals surface area (Å²) in [5.74, 6) is 0.173. The van der Waals surface area contributed by atoms with Crippen molar-refractivity contribution in [2.45, 2.75) is 51.2 Å². The lowest BCUT2D eigenvalue weighted by molar-refractivity contribution is -0.133. The highest BCUT2D eigenvalue weighted by molar-refractivity contribution is 6.42. The van der Waals surface area contributed by atoms with Crippen molar-refractivity contribution in [3.63, 3.8) is 0 Å². The van der Waals surface area contributed by atoms with Gasteiger partial charge in [0.2, 0.25) is 5.91 Å². The fourth-order valence-electron chi connectivity index (χ4n) is 4.83. The minimum atomic E-state index is -0.201. The number of carbonyl (C=O) groups is 1. The van der Waals surface area contributed by atoms with Crippen molar-refractivity contribution < 1.29 is 9.90 Å². The lowest BCUT2D eigenvalue weighted by atomic mass is 9.90. The highest BCUT2D eigenvalue weighted by atomic mass is 35.5. The third kappa shape index (κ3) is 4.53. The molecule has 2 heterocycles. The number of unbranched alkanes of at least 4 members (excludes halogenated alkanes) is 1. The number of likely N-dealkylation sites (tertiary alicyclic amines) is 1. The molecule has 3 aliphatic rings. The van der Waals surface area contributed by atoms with E-state index in [-0.39, 0.29) is 23.5 Å². The second-order valence-electron chi connectivity index (χ2n) is 8.93. The molecule has 1 aromatic rings. The summed E-state index contributed by atoms with van der Waals surface area (Å²) in [4.78, 5) is 19.3. The quantitative estimate of drug-likeness (QED) is 0.686. The Kier molecular flexibility index (Phi) is 6.31. The number of aliphatic hydroxyl groups is 1. The van der Waals surface area contributed by atoms with Crippen LogP contribution in [0.5, 0.6) is 0 Å². The zero-order chi connectivity index (χ0) is 20.6. The molecule has 1 N–H and O–H groups in total. The molecule has 4 rings (SSSR count). The molecular weight excluding hydrogens is 409 g/mol. The summed E-state index contributed by atoms with van der Waals surface area (Å²) in [6.45, 7) is 7.23. The molecule has 1 amide bonds. The van der Waals surface area contributed by atoms with Crippen LogP contribution < -0.4 is 4.90 Å². The van der Waals surface area contributed by atoms with Crippen molar-refractivity contribution in [3.8, 4) is 0 Å². The first-order valence-corrected chi connectivity index (χ1v) is 11.6. The van der Waals surface area contributed by atoms with Gasteiger partial charge in [0.25, 0.3) is 0 Å². The molecule has 5 nitrogen and oxygen atoms in total. The van der Waals surface area contributed by atoms with Crippen molar-refractivity contribution >= 4 is 34.8 Å². The van der Waals surface area contributed by atoms with E-state index < -0.39 is 0 Å². The number of hydrogen-bond donors (Lipinski definition) is 1. The molecular formula is C22H31Cl2N3O2. The van der Waals surface area contributed by atoms with Crippen molar-refractivity contribution in [2.24, 2.45) is 5.41 Å². The van der Waals surface area contributed by atoms with Gasteiger partial charge in [-0.15, -0.1) is 0 Å². The van der Waals surface area contributed by atoms with E-state index in [9.17, 15) is 9.90 Å². The van der Waals surface area contributed by atoms with Gasteiger partial charge in [-0.3, -0.25) is 4.79 Å². The molecule has 2 aliphatic heterocycles. The van der Waals surface area contributed by atoms with Crippen molar-refractivity contribution in [1.29, 1.82) is 0 Å². The summed E-state index contributed by atoms with van der Waals surface area (Å²) in [5.41, 5.74) is 1.21.